The van der Waals surface area contributed by atoms with Crippen LogP contribution in [0.1, 0.15) is 10.9 Å². The monoisotopic (exact) mass is 406 g/mol. The molecule has 4 heterocycles. The molecule has 4 rings (SSSR count). The van der Waals surface area contributed by atoms with E-state index in [1.807, 2.05) is 24.3 Å². The number of halogens is 1. The van der Waals surface area contributed by atoms with Crippen LogP contribution in [0, 0.1) is 5.41 Å². The third-order valence-electron chi connectivity index (χ3n) is 4.02. The molecule has 2 unspecified atom stereocenters. The summed E-state index contributed by atoms with van der Waals surface area (Å²) in [5.41, 5.74) is 1.64. The van der Waals surface area contributed by atoms with E-state index in [-0.39, 0.29) is 12.0 Å². The third-order valence-corrected chi connectivity index (χ3v) is 7.11. The van der Waals surface area contributed by atoms with E-state index in [0.29, 0.717) is 16.6 Å². The Bertz CT molecular complexity index is 943. The Morgan fingerprint density at radius 1 is 1.42 bits per heavy atom. The number of imidazole rings is 1. The first-order valence-electron chi connectivity index (χ1n) is 7.76. The number of hydrogen-bond acceptors (Lipinski definition) is 5. The Morgan fingerprint density at radius 2 is 2.27 bits per heavy atom. The van der Waals surface area contributed by atoms with Gasteiger partial charge in [0.25, 0.3) is 0 Å². The van der Waals surface area contributed by atoms with E-state index in [1.165, 1.54) is 15.6 Å². The first-order valence-corrected chi connectivity index (χ1v) is 10.2. The molecule has 7 nitrogen and oxygen atoms in total. The number of aromatic nitrogens is 3. The highest BCUT2D eigenvalue weighted by molar-refractivity contribution is 7.89. The Morgan fingerprint density at radius 3 is 3.00 bits per heavy atom. The molecule has 0 aromatic carbocycles. The molecule has 0 saturated carbocycles. The first-order chi connectivity index (χ1) is 12.5. The number of thiophene rings is 1. The van der Waals surface area contributed by atoms with Crippen LogP contribution in [0.4, 0.5) is 0 Å². The number of aromatic amines is 1. The van der Waals surface area contributed by atoms with Gasteiger partial charge in [-0.3, -0.25) is 10.4 Å². The van der Waals surface area contributed by atoms with Gasteiger partial charge in [-0.05, 0) is 18.2 Å². The predicted molar refractivity (Wildman–Crippen MR) is 105 cm³/mol. The predicted octanol–water partition coefficient (Wildman–Crippen LogP) is 3.03. The summed E-state index contributed by atoms with van der Waals surface area (Å²) in [5.74, 6) is 1.20. The largest absolute Gasteiger partial charge is 0.593 e. The van der Waals surface area contributed by atoms with Crippen molar-refractivity contribution >= 4 is 40.3 Å². The van der Waals surface area contributed by atoms with Crippen LogP contribution in [0.2, 0.25) is 5.02 Å². The fourth-order valence-corrected chi connectivity index (χ4v) is 5.23. The van der Waals surface area contributed by atoms with Crippen molar-refractivity contribution in [3.05, 3.63) is 46.6 Å². The summed E-state index contributed by atoms with van der Waals surface area (Å²) in [7, 11) is 1.63. The lowest BCUT2D eigenvalue weighted by Gasteiger charge is -2.32. The highest BCUT2D eigenvalue weighted by Gasteiger charge is 2.34. The van der Waals surface area contributed by atoms with E-state index in [4.69, 9.17) is 17.0 Å². The van der Waals surface area contributed by atoms with Crippen molar-refractivity contribution in [3.8, 4) is 22.1 Å². The number of nitrogens with zero attached hydrogens (tertiary/aromatic N) is 3. The molecule has 2 atom stereocenters. The van der Waals surface area contributed by atoms with Crippen molar-refractivity contribution < 1.29 is 4.55 Å². The normalized spacial score (nSPS) is 20.3. The Hall–Kier alpha value is -2.07. The zero-order valence-electron chi connectivity index (χ0n) is 13.7. The van der Waals surface area contributed by atoms with Crippen LogP contribution in [-0.2, 0) is 11.4 Å². The summed E-state index contributed by atoms with van der Waals surface area (Å²) < 4.78 is 13.5. The minimum absolute atomic E-state index is 0.126. The average Bonchev–Trinajstić information content (AvgIpc) is 3.27. The quantitative estimate of drug-likeness (QED) is 0.580. The van der Waals surface area contributed by atoms with Crippen LogP contribution in [-0.4, -0.2) is 42.6 Å². The standard InChI is InChI=1S/C16H15ClN6OS2/c1-23-16(18)22-12(8-26(23)24)14-9(17)6-13(25-14)15-20-7-11(21-15)10-4-2-3-5-19-10/h2-7,12H,8H2,1H3,(H2,18,22)(H,20,21). The van der Waals surface area contributed by atoms with Crippen LogP contribution in [0.15, 0.2) is 36.7 Å². The molecule has 0 radical (unpaired) electrons. The van der Waals surface area contributed by atoms with Gasteiger partial charge in [-0.25, -0.2) is 4.98 Å². The summed E-state index contributed by atoms with van der Waals surface area (Å²) in [5, 5.41) is 11.5. The summed E-state index contributed by atoms with van der Waals surface area (Å²) in [4.78, 5) is 13.7. The molecule has 134 valence electrons. The Kier molecular flexibility index (Phi) is 4.62. The van der Waals surface area contributed by atoms with Crippen LogP contribution in [0.25, 0.3) is 22.1 Å². The first kappa shape index (κ1) is 17.3. The molecule has 3 aromatic heterocycles. The molecule has 10 heteroatoms. The number of rotatable bonds is 3. The fraction of sp³-hybridized carbons (Fsp3) is 0.188. The molecule has 0 aliphatic carbocycles. The molecule has 1 aliphatic rings. The summed E-state index contributed by atoms with van der Waals surface area (Å²) in [6.07, 6.45) is 3.47. The topological polar surface area (TPSA) is 104 Å². The minimum Gasteiger partial charge on any atom is -0.593 e. The van der Waals surface area contributed by atoms with Gasteiger partial charge < -0.3 is 14.9 Å². The third kappa shape index (κ3) is 3.18. The van der Waals surface area contributed by atoms with E-state index in [2.05, 4.69) is 20.3 Å². The summed E-state index contributed by atoms with van der Waals surface area (Å²) in [6, 6.07) is 7.28. The zero-order valence-corrected chi connectivity index (χ0v) is 16.1. The molecule has 1 fully saturated rings. The van der Waals surface area contributed by atoms with Crippen molar-refractivity contribution in [1.29, 1.82) is 5.41 Å². The van der Waals surface area contributed by atoms with Gasteiger partial charge in [0.2, 0.25) is 5.96 Å². The van der Waals surface area contributed by atoms with E-state index < -0.39 is 11.4 Å². The molecule has 26 heavy (non-hydrogen) atoms. The van der Waals surface area contributed by atoms with Crippen LogP contribution >= 0.6 is 22.9 Å². The highest BCUT2D eigenvalue weighted by atomic mass is 35.5. The molecular weight excluding hydrogens is 392 g/mol. The molecule has 3 N–H and O–H groups in total. The second-order valence-electron chi connectivity index (χ2n) is 5.71. The van der Waals surface area contributed by atoms with Crippen molar-refractivity contribution in [3.63, 3.8) is 0 Å². The molecule has 1 aliphatic heterocycles. The van der Waals surface area contributed by atoms with Gasteiger partial charge in [-0.2, -0.15) is 4.31 Å². The summed E-state index contributed by atoms with van der Waals surface area (Å²) >= 11 is 6.64. The Balaban J connectivity index is 1.61. The van der Waals surface area contributed by atoms with Crippen LogP contribution in [0.3, 0.4) is 0 Å². The van der Waals surface area contributed by atoms with Gasteiger partial charge in [0.05, 0.1) is 50.8 Å². The van der Waals surface area contributed by atoms with Gasteiger partial charge in [0, 0.05) is 6.20 Å². The zero-order chi connectivity index (χ0) is 18.3. The lowest BCUT2D eigenvalue weighted by molar-refractivity contribution is 0.507. The van der Waals surface area contributed by atoms with Crippen molar-refractivity contribution in [2.75, 3.05) is 12.8 Å². The molecule has 0 bridgehead atoms. The molecular formula is C16H15ClN6OS2. The van der Waals surface area contributed by atoms with Crippen LogP contribution in [0.5, 0.6) is 0 Å². The lowest BCUT2D eigenvalue weighted by atomic mass is 10.2. The molecule has 3 aromatic rings. The number of hydrogen-bond donors (Lipinski definition) is 3. The summed E-state index contributed by atoms with van der Waals surface area (Å²) in [6.45, 7) is 0. The number of guanidine groups is 1. The smallest absolute Gasteiger partial charge is 0.234 e. The fourth-order valence-electron chi connectivity index (χ4n) is 2.63. The number of H-pyrrole nitrogens is 1. The second-order valence-corrected chi connectivity index (χ2v) is 8.73. The van der Waals surface area contributed by atoms with Gasteiger partial charge in [-0.1, -0.05) is 17.7 Å². The SMILES string of the molecule is CN1C(=N)NC(c2sc(-c3ncc(-c4ccccn4)[nH]3)cc2Cl)C[S+]1[O-]. The van der Waals surface area contributed by atoms with E-state index in [1.54, 1.807) is 19.4 Å². The maximum Gasteiger partial charge on any atom is 0.234 e. The average molecular weight is 407 g/mol. The van der Waals surface area contributed by atoms with E-state index >= 15 is 0 Å². The van der Waals surface area contributed by atoms with Gasteiger partial charge in [0.15, 0.2) is 5.75 Å². The lowest BCUT2D eigenvalue weighted by Crippen LogP contribution is -2.51. The van der Waals surface area contributed by atoms with Crippen molar-refractivity contribution in [2.45, 2.75) is 6.04 Å². The molecule has 0 amide bonds. The maximum absolute atomic E-state index is 12.1. The van der Waals surface area contributed by atoms with Crippen molar-refractivity contribution in [2.24, 2.45) is 0 Å². The van der Waals surface area contributed by atoms with Gasteiger partial charge >= 0.3 is 0 Å². The second kappa shape index (κ2) is 6.92. The molecule has 0 spiro atoms. The van der Waals surface area contributed by atoms with Crippen molar-refractivity contribution in [1.82, 2.24) is 24.6 Å². The Labute approximate surface area is 162 Å². The van der Waals surface area contributed by atoms with Gasteiger partial charge in [0.1, 0.15) is 11.9 Å². The highest BCUT2D eigenvalue weighted by Crippen LogP contribution is 2.38. The van der Waals surface area contributed by atoms with Crippen LogP contribution < -0.4 is 5.32 Å². The van der Waals surface area contributed by atoms with E-state index in [9.17, 15) is 4.55 Å². The number of nitrogens with one attached hydrogen (secondary N) is 3. The minimum atomic E-state index is -1.25. The number of pyridine rings is 1. The maximum atomic E-state index is 12.1. The molecule has 1 saturated heterocycles. The van der Waals surface area contributed by atoms with Gasteiger partial charge in [-0.15, -0.1) is 11.3 Å². The van der Waals surface area contributed by atoms with E-state index in [0.717, 1.165) is 21.1 Å².